The summed E-state index contributed by atoms with van der Waals surface area (Å²) in [7, 11) is 1.62. The molecule has 2 heterocycles. The van der Waals surface area contributed by atoms with Crippen LogP contribution in [0.25, 0.3) is 6.08 Å². The largest absolute Gasteiger partial charge is 0.493 e. The van der Waals surface area contributed by atoms with Gasteiger partial charge in [0.05, 0.1) is 33.0 Å². The lowest BCUT2D eigenvalue weighted by molar-refractivity contribution is -0.116. The number of ether oxygens (including phenoxy) is 3. The third-order valence-electron chi connectivity index (χ3n) is 5.20. The van der Waals surface area contributed by atoms with Crippen molar-refractivity contribution in [2.75, 3.05) is 46.6 Å². The zero-order valence-corrected chi connectivity index (χ0v) is 19.2. The van der Waals surface area contributed by atoms with Crippen LogP contribution < -0.4 is 14.8 Å². The van der Waals surface area contributed by atoms with Gasteiger partial charge in [-0.15, -0.1) is 11.3 Å². The van der Waals surface area contributed by atoms with E-state index in [2.05, 4.69) is 34.7 Å². The summed E-state index contributed by atoms with van der Waals surface area (Å²) in [5, 5.41) is 5.13. The molecule has 3 rings (SSSR count). The number of hydrogen-bond acceptors (Lipinski definition) is 6. The van der Waals surface area contributed by atoms with Gasteiger partial charge in [-0.2, -0.15) is 0 Å². The molecule has 7 heteroatoms. The molecule has 6 nitrogen and oxygen atoms in total. The highest BCUT2D eigenvalue weighted by atomic mass is 32.1. The van der Waals surface area contributed by atoms with Gasteiger partial charge in [-0.3, -0.25) is 9.69 Å². The van der Waals surface area contributed by atoms with Gasteiger partial charge in [0.25, 0.3) is 0 Å². The van der Waals surface area contributed by atoms with E-state index in [0.29, 0.717) is 18.9 Å². The van der Waals surface area contributed by atoms with Crippen molar-refractivity contribution in [3.8, 4) is 11.5 Å². The number of morpholine rings is 1. The molecular weight excluding hydrogens is 412 g/mol. The lowest BCUT2D eigenvalue weighted by Crippen LogP contribution is -2.43. The molecule has 0 saturated carbocycles. The number of nitrogens with zero attached hydrogens (tertiary/aromatic N) is 1. The maximum absolute atomic E-state index is 12.5. The van der Waals surface area contributed by atoms with Crippen LogP contribution in [0.3, 0.4) is 0 Å². The molecule has 0 radical (unpaired) electrons. The molecule has 2 aromatic rings. The predicted molar refractivity (Wildman–Crippen MR) is 125 cm³/mol. The number of benzene rings is 1. The zero-order chi connectivity index (χ0) is 21.9. The Morgan fingerprint density at radius 3 is 2.84 bits per heavy atom. The molecule has 31 heavy (non-hydrogen) atoms. The minimum atomic E-state index is -0.114. The lowest BCUT2D eigenvalue weighted by atomic mass is 10.1. The van der Waals surface area contributed by atoms with E-state index in [9.17, 15) is 4.79 Å². The van der Waals surface area contributed by atoms with Crippen LogP contribution in [0.2, 0.25) is 0 Å². The monoisotopic (exact) mass is 444 g/mol. The fourth-order valence-corrected chi connectivity index (χ4v) is 4.30. The van der Waals surface area contributed by atoms with E-state index < -0.39 is 0 Å². The first-order valence-corrected chi connectivity index (χ1v) is 11.7. The van der Waals surface area contributed by atoms with Crippen molar-refractivity contribution in [1.29, 1.82) is 0 Å². The smallest absolute Gasteiger partial charge is 0.244 e. The van der Waals surface area contributed by atoms with Crippen LogP contribution in [0.1, 0.15) is 36.2 Å². The summed E-state index contributed by atoms with van der Waals surface area (Å²) in [6, 6.07) is 10.0. The molecule has 1 aliphatic heterocycles. The number of amides is 1. The number of nitrogens with one attached hydrogen (secondary N) is 1. The predicted octanol–water partition coefficient (Wildman–Crippen LogP) is 4.14. The molecule has 1 amide bonds. The maximum atomic E-state index is 12.5. The maximum Gasteiger partial charge on any atom is 0.244 e. The molecule has 1 saturated heterocycles. The topological polar surface area (TPSA) is 60.0 Å². The van der Waals surface area contributed by atoms with Crippen LogP contribution in [0, 0.1) is 0 Å². The van der Waals surface area contributed by atoms with Gasteiger partial charge in [0.2, 0.25) is 5.91 Å². The van der Waals surface area contributed by atoms with E-state index in [4.69, 9.17) is 14.2 Å². The summed E-state index contributed by atoms with van der Waals surface area (Å²) in [5.74, 6) is 1.28. The molecule has 1 unspecified atom stereocenters. The highest BCUT2D eigenvalue weighted by molar-refractivity contribution is 7.10. The SMILES string of the molecule is CCCCOc1ccc(/C=C/C(=O)NCC(c2cccs2)N2CCOCC2)cc1OC. The van der Waals surface area contributed by atoms with Gasteiger partial charge in [0.1, 0.15) is 0 Å². The number of carbonyl (C=O) groups excluding carboxylic acids is 1. The van der Waals surface area contributed by atoms with Gasteiger partial charge in [0, 0.05) is 30.6 Å². The number of rotatable bonds is 11. The standard InChI is InChI=1S/C24H32N2O4S/c1-3-4-13-30-21-9-7-19(17-22(21)28-2)8-10-24(27)25-18-20(23-6-5-16-31-23)26-11-14-29-15-12-26/h5-10,16-17,20H,3-4,11-15,18H2,1-2H3,(H,25,27)/b10-8+. The summed E-state index contributed by atoms with van der Waals surface area (Å²) in [5.41, 5.74) is 0.887. The van der Waals surface area contributed by atoms with E-state index in [1.165, 1.54) is 4.88 Å². The average Bonchev–Trinajstić information content (AvgIpc) is 3.34. The van der Waals surface area contributed by atoms with E-state index in [-0.39, 0.29) is 11.9 Å². The van der Waals surface area contributed by atoms with Crippen molar-refractivity contribution in [1.82, 2.24) is 10.2 Å². The lowest BCUT2D eigenvalue weighted by Gasteiger charge is -2.34. The number of hydrogen-bond donors (Lipinski definition) is 1. The van der Waals surface area contributed by atoms with Gasteiger partial charge in [-0.05, 0) is 41.6 Å². The van der Waals surface area contributed by atoms with Crippen LogP contribution in [0.15, 0.2) is 41.8 Å². The van der Waals surface area contributed by atoms with Crippen molar-refractivity contribution in [2.45, 2.75) is 25.8 Å². The summed E-state index contributed by atoms with van der Waals surface area (Å²) in [6.45, 7) is 6.58. The van der Waals surface area contributed by atoms with E-state index in [1.807, 2.05) is 18.2 Å². The van der Waals surface area contributed by atoms with Crippen molar-refractivity contribution in [2.24, 2.45) is 0 Å². The molecule has 0 bridgehead atoms. The second-order valence-electron chi connectivity index (χ2n) is 7.37. The van der Waals surface area contributed by atoms with Crippen molar-refractivity contribution < 1.29 is 19.0 Å². The Hall–Kier alpha value is -2.35. The van der Waals surface area contributed by atoms with E-state index in [1.54, 1.807) is 30.6 Å². The van der Waals surface area contributed by atoms with Crippen LogP contribution in [0.5, 0.6) is 11.5 Å². The van der Waals surface area contributed by atoms with Gasteiger partial charge >= 0.3 is 0 Å². The van der Waals surface area contributed by atoms with Gasteiger partial charge in [-0.25, -0.2) is 0 Å². The number of thiophene rings is 1. The quantitative estimate of drug-likeness (QED) is 0.417. The molecule has 0 aliphatic carbocycles. The van der Waals surface area contributed by atoms with E-state index in [0.717, 1.165) is 50.5 Å². The molecule has 1 N–H and O–H groups in total. The van der Waals surface area contributed by atoms with Crippen molar-refractivity contribution in [3.05, 3.63) is 52.2 Å². The molecule has 168 valence electrons. The highest BCUT2D eigenvalue weighted by Crippen LogP contribution is 2.29. The number of carbonyl (C=O) groups is 1. The Kier molecular flexibility index (Phi) is 9.39. The average molecular weight is 445 g/mol. The Bertz CT molecular complexity index is 832. The molecule has 1 aromatic heterocycles. The first kappa shape index (κ1) is 23.3. The molecular formula is C24H32N2O4S. The number of methoxy groups -OCH3 is 1. The summed E-state index contributed by atoms with van der Waals surface area (Å²) >= 11 is 1.72. The van der Waals surface area contributed by atoms with E-state index >= 15 is 0 Å². The highest BCUT2D eigenvalue weighted by Gasteiger charge is 2.23. The normalized spacial score (nSPS) is 15.7. The summed E-state index contributed by atoms with van der Waals surface area (Å²) in [6.07, 6.45) is 5.44. The Balaban J connectivity index is 1.57. The third kappa shape index (κ3) is 7.09. The van der Waals surface area contributed by atoms with Crippen LogP contribution >= 0.6 is 11.3 Å². The van der Waals surface area contributed by atoms with Gasteiger partial charge in [0.15, 0.2) is 11.5 Å². The molecule has 0 spiro atoms. The van der Waals surface area contributed by atoms with Crippen LogP contribution in [-0.4, -0.2) is 57.4 Å². The summed E-state index contributed by atoms with van der Waals surface area (Å²) in [4.78, 5) is 16.1. The molecule has 1 fully saturated rings. The Morgan fingerprint density at radius 1 is 1.29 bits per heavy atom. The summed E-state index contributed by atoms with van der Waals surface area (Å²) < 4.78 is 16.7. The van der Waals surface area contributed by atoms with Crippen LogP contribution in [0.4, 0.5) is 0 Å². The fraction of sp³-hybridized carbons (Fsp3) is 0.458. The van der Waals surface area contributed by atoms with Gasteiger partial charge in [-0.1, -0.05) is 25.5 Å². The zero-order valence-electron chi connectivity index (χ0n) is 18.3. The Labute approximate surface area is 188 Å². The van der Waals surface area contributed by atoms with Crippen LogP contribution in [-0.2, 0) is 9.53 Å². The van der Waals surface area contributed by atoms with Crippen molar-refractivity contribution in [3.63, 3.8) is 0 Å². The number of unbranched alkanes of at least 4 members (excludes halogenated alkanes) is 1. The fourth-order valence-electron chi connectivity index (χ4n) is 3.44. The minimum Gasteiger partial charge on any atom is -0.493 e. The molecule has 1 aromatic carbocycles. The Morgan fingerprint density at radius 2 is 2.13 bits per heavy atom. The van der Waals surface area contributed by atoms with Crippen molar-refractivity contribution >= 4 is 23.3 Å². The second-order valence-corrected chi connectivity index (χ2v) is 8.35. The first-order valence-electron chi connectivity index (χ1n) is 10.8. The second kappa shape index (κ2) is 12.5. The minimum absolute atomic E-state index is 0.114. The third-order valence-corrected chi connectivity index (χ3v) is 6.17. The molecule has 1 atom stereocenters. The first-order chi connectivity index (χ1) is 15.2. The van der Waals surface area contributed by atoms with Gasteiger partial charge < -0.3 is 19.5 Å². The molecule has 1 aliphatic rings.